The third-order valence-corrected chi connectivity index (χ3v) is 2.28. The number of carbonyl (C=O) groups is 2. The minimum Gasteiger partial charge on any atom is -0.480 e. The van der Waals surface area contributed by atoms with E-state index in [1.807, 2.05) is 12.2 Å². The Bertz CT molecular complexity index is 264. The summed E-state index contributed by atoms with van der Waals surface area (Å²) in [7, 11) is 0. The second kappa shape index (κ2) is 12.1. The van der Waals surface area contributed by atoms with Crippen molar-refractivity contribution in [3.63, 3.8) is 0 Å². The van der Waals surface area contributed by atoms with E-state index < -0.39 is 11.9 Å². The van der Waals surface area contributed by atoms with Crippen LogP contribution in [0.25, 0.3) is 0 Å². The smallest absolute Gasteiger partial charge is 0.320 e. The molecule has 0 aromatic rings. The number of allylic oxidation sites excluding steroid dienone is 1. The first-order valence-corrected chi connectivity index (χ1v) is 6.40. The molecule has 0 aromatic heterocycles. The molecule has 0 aliphatic carbocycles. The van der Waals surface area contributed by atoms with Gasteiger partial charge in [-0.15, -0.1) is 0 Å². The lowest BCUT2D eigenvalue weighted by molar-refractivity contribution is -0.141. The Morgan fingerprint density at radius 2 is 1.94 bits per heavy atom. The maximum absolute atomic E-state index is 11.1. The Balaban J connectivity index is 3.33. The molecule has 0 heterocycles. The molecule has 0 spiro atoms. The third kappa shape index (κ3) is 12.7. The molecule has 0 atom stereocenters. The van der Waals surface area contributed by atoms with E-state index in [9.17, 15) is 9.59 Å². The van der Waals surface area contributed by atoms with E-state index in [0.717, 1.165) is 6.42 Å². The standard InChI is InChI=1S/C13H23NO4/c1-2-3-4-5-6-7-8-9-18-13(17)11-14-10-12(15)16/h7-8,14H,2-6,9-11H2,1H3,(H,15,16)/b8-7-. The maximum Gasteiger partial charge on any atom is 0.320 e. The molecular weight excluding hydrogens is 234 g/mol. The molecule has 0 saturated carbocycles. The van der Waals surface area contributed by atoms with Crippen molar-refractivity contribution in [2.24, 2.45) is 0 Å². The quantitative estimate of drug-likeness (QED) is 0.335. The third-order valence-electron chi connectivity index (χ3n) is 2.28. The Morgan fingerprint density at radius 3 is 2.61 bits per heavy atom. The summed E-state index contributed by atoms with van der Waals surface area (Å²) in [5.74, 6) is -1.43. The lowest BCUT2D eigenvalue weighted by atomic mass is 10.1. The first kappa shape index (κ1) is 16.6. The number of carboxylic acid groups (broad SMARTS) is 1. The summed E-state index contributed by atoms with van der Waals surface area (Å²) in [6.45, 7) is 2.12. The number of hydrogen-bond acceptors (Lipinski definition) is 4. The topological polar surface area (TPSA) is 75.6 Å². The van der Waals surface area contributed by atoms with Gasteiger partial charge in [-0.1, -0.05) is 38.3 Å². The highest BCUT2D eigenvalue weighted by Gasteiger charge is 2.02. The van der Waals surface area contributed by atoms with Crippen LogP contribution in [0.3, 0.4) is 0 Å². The summed E-state index contributed by atoms with van der Waals surface area (Å²) in [5, 5.41) is 10.8. The Hall–Kier alpha value is -1.36. The number of ether oxygens (including phenoxy) is 1. The predicted octanol–water partition coefficient (Wildman–Crippen LogP) is 1.73. The predicted molar refractivity (Wildman–Crippen MR) is 69.4 cm³/mol. The van der Waals surface area contributed by atoms with Crippen LogP contribution in [-0.2, 0) is 14.3 Å². The lowest BCUT2D eigenvalue weighted by Crippen LogP contribution is -2.29. The number of aliphatic carboxylic acids is 1. The summed E-state index contributed by atoms with van der Waals surface area (Å²) in [5.41, 5.74) is 0. The Labute approximate surface area is 108 Å². The van der Waals surface area contributed by atoms with Gasteiger partial charge in [0.15, 0.2) is 0 Å². The van der Waals surface area contributed by atoms with E-state index in [-0.39, 0.29) is 19.7 Å². The first-order valence-electron chi connectivity index (χ1n) is 6.40. The molecule has 0 rings (SSSR count). The number of carboxylic acids is 1. The maximum atomic E-state index is 11.1. The van der Waals surface area contributed by atoms with Crippen molar-refractivity contribution in [2.45, 2.75) is 39.0 Å². The zero-order valence-corrected chi connectivity index (χ0v) is 11.0. The van der Waals surface area contributed by atoms with Crippen LogP contribution in [-0.4, -0.2) is 36.7 Å². The van der Waals surface area contributed by atoms with Crippen LogP contribution in [0.15, 0.2) is 12.2 Å². The summed E-state index contributed by atoms with van der Waals surface area (Å²) >= 11 is 0. The largest absolute Gasteiger partial charge is 0.480 e. The van der Waals surface area contributed by atoms with Crippen molar-refractivity contribution in [3.8, 4) is 0 Å². The highest BCUT2D eigenvalue weighted by Crippen LogP contribution is 2.02. The lowest BCUT2D eigenvalue weighted by Gasteiger charge is -2.02. The zero-order valence-electron chi connectivity index (χ0n) is 11.0. The molecule has 0 aliphatic rings. The Kier molecular flexibility index (Phi) is 11.2. The van der Waals surface area contributed by atoms with Crippen LogP contribution in [0.1, 0.15) is 39.0 Å². The number of hydrogen-bond donors (Lipinski definition) is 2. The van der Waals surface area contributed by atoms with Crippen molar-refractivity contribution in [2.75, 3.05) is 19.7 Å². The van der Waals surface area contributed by atoms with Crippen molar-refractivity contribution in [1.82, 2.24) is 5.32 Å². The van der Waals surface area contributed by atoms with E-state index in [1.165, 1.54) is 25.7 Å². The van der Waals surface area contributed by atoms with E-state index >= 15 is 0 Å². The molecule has 0 fully saturated rings. The molecule has 0 aromatic carbocycles. The molecule has 0 unspecified atom stereocenters. The van der Waals surface area contributed by atoms with Crippen molar-refractivity contribution < 1.29 is 19.4 Å². The van der Waals surface area contributed by atoms with Crippen LogP contribution >= 0.6 is 0 Å². The van der Waals surface area contributed by atoms with Gasteiger partial charge >= 0.3 is 11.9 Å². The number of unbranched alkanes of at least 4 members (excludes halogenated alkanes) is 4. The summed E-state index contributed by atoms with van der Waals surface area (Å²) in [6.07, 6.45) is 9.73. The van der Waals surface area contributed by atoms with E-state index in [1.54, 1.807) is 0 Å². The molecule has 0 saturated heterocycles. The number of esters is 1. The highest BCUT2D eigenvalue weighted by molar-refractivity contribution is 5.73. The highest BCUT2D eigenvalue weighted by atomic mass is 16.5. The van der Waals surface area contributed by atoms with Crippen molar-refractivity contribution in [3.05, 3.63) is 12.2 Å². The minimum atomic E-state index is -0.991. The second-order valence-electron chi connectivity index (χ2n) is 4.00. The molecule has 18 heavy (non-hydrogen) atoms. The van der Waals surface area contributed by atoms with E-state index in [0.29, 0.717) is 0 Å². The fourth-order valence-corrected chi connectivity index (χ4v) is 1.34. The summed E-state index contributed by atoms with van der Waals surface area (Å²) < 4.78 is 4.87. The van der Waals surface area contributed by atoms with Gasteiger partial charge in [-0.3, -0.25) is 14.9 Å². The molecule has 5 nitrogen and oxygen atoms in total. The molecule has 0 aliphatic heterocycles. The molecule has 2 N–H and O–H groups in total. The van der Waals surface area contributed by atoms with Gasteiger partial charge in [-0.25, -0.2) is 0 Å². The molecular formula is C13H23NO4. The van der Waals surface area contributed by atoms with Crippen LogP contribution in [0, 0.1) is 0 Å². The number of rotatable bonds is 11. The fraction of sp³-hybridized carbons (Fsp3) is 0.692. The van der Waals surface area contributed by atoms with Crippen LogP contribution in [0.2, 0.25) is 0 Å². The zero-order chi connectivity index (χ0) is 13.6. The molecule has 0 bridgehead atoms. The van der Waals surface area contributed by atoms with Crippen molar-refractivity contribution >= 4 is 11.9 Å². The van der Waals surface area contributed by atoms with Gasteiger partial charge in [0.1, 0.15) is 6.61 Å². The molecule has 0 amide bonds. The molecule has 0 radical (unpaired) electrons. The van der Waals surface area contributed by atoms with Crippen LogP contribution in [0.4, 0.5) is 0 Å². The normalized spacial score (nSPS) is 10.7. The van der Waals surface area contributed by atoms with Gasteiger partial charge < -0.3 is 9.84 Å². The van der Waals surface area contributed by atoms with Gasteiger partial charge in [0.25, 0.3) is 0 Å². The summed E-state index contributed by atoms with van der Waals surface area (Å²) in [4.78, 5) is 21.2. The van der Waals surface area contributed by atoms with Gasteiger partial charge in [0.05, 0.1) is 13.1 Å². The monoisotopic (exact) mass is 257 g/mol. The fourth-order valence-electron chi connectivity index (χ4n) is 1.34. The van der Waals surface area contributed by atoms with Gasteiger partial charge in [-0.05, 0) is 12.8 Å². The average molecular weight is 257 g/mol. The number of carbonyl (C=O) groups excluding carboxylic acids is 1. The summed E-state index contributed by atoms with van der Waals surface area (Å²) in [6, 6.07) is 0. The van der Waals surface area contributed by atoms with Crippen LogP contribution < -0.4 is 5.32 Å². The molecule has 104 valence electrons. The van der Waals surface area contributed by atoms with E-state index in [2.05, 4.69) is 12.2 Å². The van der Waals surface area contributed by atoms with E-state index in [4.69, 9.17) is 9.84 Å². The number of nitrogens with one attached hydrogen (secondary N) is 1. The Morgan fingerprint density at radius 1 is 1.17 bits per heavy atom. The van der Waals surface area contributed by atoms with Crippen LogP contribution in [0.5, 0.6) is 0 Å². The van der Waals surface area contributed by atoms with Crippen molar-refractivity contribution in [1.29, 1.82) is 0 Å². The SMILES string of the molecule is CCCCCC/C=C\COC(=O)CNCC(=O)O. The van der Waals surface area contributed by atoms with Gasteiger partial charge in [0, 0.05) is 0 Å². The first-order chi connectivity index (χ1) is 8.66. The average Bonchev–Trinajstić information content (AvgIpc) is 2.32. The second-order valence-corrected chi connectivity index (χ2v) is 4.00. The molecule has 5 heteroatoms. The minimum absolute atomic E-state index is 0.0728. The van der Waals surface area contributed by atoms with Gasteiger partial charge in [-0.2, -0.15) is 0 Å². The van der Waals surface area contributed by atoms with Gasteiger partial charge in [0.2, 0.25) is 0 Å².